The molecule has 0 unspecified atom stereocenters. The Bertz CT molecular complexity index is 741. The number of hydrogen-bond donors (Lipinski definition) is 0. The minimum absolute atomic E-state index is 0.265. The number of methoxy groups -OCH3 is 1. The summed E-state index contributed by atoms with van der Waals surface area (Å²) >= 11 is 0. The van der Waals surface area contributed by atoms with Gasteiger partial charge in [0.05, 0.1) is 12.7 Å². The van der Waals surface area contributed by atoms with Gasteiger partial charge in [0.25, 0.3) is 0 Å². The molecule has 2 rings (SSSR count). The SMILES string of the molecule is COC(=O)c1ccc(COc2ccccc2C(=O)OC(C)(C)C)cc1. The number of carbonyl (C=O) groups is 2. The van der Waals surface area contributed by atoms with Crippen LogP contribution in [0.5, 0.6) is 5.75 Å². The minimum Gasteiger partial charge on any atom is -0.488 e. The molecule has 5 heteroatoms. The molecule has 0 bridgehead atoms. The molecular weight excluding hydrogens is 320 g/mol. The molecule has 0 aromatic heterocycles. The first-order chi connectivity index (χ1) is 11.8. The molecule has 0 radical (unpaired) electrons. The van der Waals surface area contributed by atoms with E-state index in [-0.39, 0.29) is 12.6 Å². The van der Waals surface area contributed by atoms with Crippen molar-refractivity contribution in [3.63, 3.8) is 0 Å². The first-order valence-corrected chi connectivity index (χ1v) is 7.92. The molecule has 0 spiro atoms. The Morgan fingerprint density at radius 1 is 0.920 bits per heavy atom. The second-order valence-electron chi connectivity index (χ2n) is 6.48. The van der Waals surface area contributed by atoms with Gasteiger partial charge in [-0.1, -0.05) is 24.3 Å². The van der Waals surface area contributed by atoms with Crippen molar-refractivity contribution in [1.82, 2.24) is 0 Å². The molecule has 2 aromatic carbocycles. The van der Waals surface area contributed by atoms with E-state index in [9.17, 15) is 9.59 Å². The van der Waals surface area contributed by atoms with E-state index in [4.69, 9.17) is 9.47 Å². The number of ether oxygens (including phenoxy) is 3. The number of para-hydroxylation sites is 1. The highest BCUT2D eigenvalue weighted by molar-refractivity contribution is 5.92. The predicted molar refractivity (Wildman–Crippen MR) is 93.7 cm³/mol. The molecule has 0 amide bonds. The fourth-order valence-corrected chi connectivity index (χ4v) is 2.11. The van der Waals surface area contributed by atoms with Crippen LogP contribution in [-0.4, -0.2) is 24.6 Å². The van der Waals surface area contributed by atoms with Gasteiger partial charge in [-0.2, -0.15) is 0 Å². The van der Waals surface area contributed by atoms with E-state index in [1.165, 1.54) is 7.11 Å². The van der Waals surface area contributed by atoms with Gasteiger partial charge in [0.2, 0.25) is 0 Å². The zero-order valence-electron chi connectivity index (χ0n) is 14.9. The van der Waals surface area contributed by atoms with Gasteiger partial charge in [0.15, 0.2) is 0 Å². The Labute approximate surface area is 147 Å². The molecule has 2 aromatic rings. The van der Waals surface area contributed by atoms with Gasteiger partial charge in [-0.25, -0.2) is 9.59 Å². The smallest absolute Gasteiger partial charge is 0.342 e. The Morgan fingerprint density at radius 2 is 1.56 bits per heavy atom. The van der Waals surface area contributed by atoms with Crippen LogP contribution in [0, 0.1) is 0 Å². The lowest BCUT2D eigenvalue weighted by Crippen LogP contribution is -2.24. The van der Waals surface area contributed by atoms with Gasteiger partial charge < -0.3 is 14.2 Å². The second kappa shape index (κ2) is 7.83. The van der Waals surface area contributed by atoms with Gasteiger partial charge in [-0.15, -0.1) is 0 Å². The average Bonchev–Trinajstić information content (AvgIpc) is 2.58. The summed E-state index contributed by atoms with van der Waals surface area (Å²) in [5, 5.41) is 0. The van der Waals surface area contributed by atoms with Crippen LogP contribution < -0.4 is 4.74 Å². The highest BCUT2D eigenvalue weighted by Gasteiger charge is 2.20. The molecule has 0 aliphatic rings. The molecular formula is C20H22O5. The van der Waals surface area contributed by atoms with Gasteiger partial charge in [-0.3, -0.25) is 0 Å². The molecule has 25 heavy (non-hydrogen) atoms. The zero-order valence-corrected chi connectivity index (χ0v) is 14.9. The van der Waals surface area contributed by atoms with Crippen LogP contribution in [0.4, 0.5) is 0 Å². The standard InChI is InChI=1S/C20H22O5/c1-20(2,3)25-19(22)16-7-5-6-8-17(16)24-13-14-9-11-15(12-10-14)18(21)23-4/h5-12H,13H2,1-4H3. The van der Waals surface area contributed by atoms with Crippen LogP contribution in [0.1, 0.15) is 47.1 Å². The lowest BCUT2D eigenvalue weighted by molar-refractivity contribution is 0.00652. The normalized spacial score (nSPS) is 10.9. The monoisotopic (exact) mass is 342 g/mol. The van der Waals surface area contributed by atoms with Crippen molar-refractivity contribution in [3.8, 4) is 5.75 Å². The van der Waals surface area contributed by atoms with Gasteiger partial charge in [0.1, 0.15) is 23.5 Å². The zero-order chi connectivity index (χ0) is 18.4. The number of esters is 2. The summed E-state index contributed by atoms with van der Waals surface area (Å²) in [6.07, 6.45) is 0. The van der Waals surface area contributed by atoms with E-state index in [2.05, 4.69) is 4.74 Å². The van der Waals surface area contributed by atoms with Crippen molar-refractivity contribution in [2.24, 2.45) is 0 Å². The van der Waals surface area contributed by atoms with E-state index < -0.39 is 11.6 Å². The summed E-state index contributed by atoms with van der Waals surface area (Å²) < 4.78 is 15.8. The van der Waals surface area contributed by atoms with E-state index in [1.807, 2.05) is 20.8 Å². The average molecular weight is 342 g/mol. The molecule has 0 aliphatic heterocycles. The lowest BCUT2D eigenvalue weighted by atomic mass is 10.1. The Balaban J connectivity index is 2.08. The molecule has 0 N–H and O–H groups in total. The first kappa shape index (κ1) is 18.5. The van der Waals surface area contributed by atoms with Crippen molar-refractivity contribution in [2.45, 2.75) is 33.0 Å². The molecule has 0 fully saturated rings. The van der Waals surface area contributed by atoms with Crippen LogP contribution >= 0.6 is 0 Å². The first-order valence-electron chi connectivity index (χ1n) is 7.92. The molecule has 0 saturated carbocycles. The Kier molecular flexibility index (Phi) is 5.80. The van der Waals surface area contributed by atoms with E-state index in [0.717, 1.165) is 5.56 Å². The summed E-state index contributed by atoms with van der Waals surface area (Å²) in [6, 6.07) is 13.9. The van der Waals surface area contributed by atoms with Crippen molar-refractivity contribution >= 4 is 11.9 Å². The van der Waals surface area contributed by atoms with Crippen LogP contribution in [0.2, 0.25) is 0 Å². The Hall–Kier alpha value is -2.82. The summed E-state index contributed by atoms with van der Waals surface area (Å²) in [6.45, 7) is 5.72. The summed E-state index contributed by atoms with van der Waals surface area (Å²) in [5.74, 6) is -0.360. The third-order valence-electron chi connectivity index (χ3n) is 3.28. The van der Waals surface area contributed by atoms with Crippen LogP contribution in [0.15, 0.2) is 48.5 Å². The van der Waals surface area contributed by atoms with Crippen molar-refractivity contribution in [2.75, 3.05) is 7.11 Å². The van der Waals surface area contributed by atoms with Crippen LogP contribution in [-0.2, 0) is 16.1 Å². The topological polar surface area (TPSA) is 61.8 Å². The van der Waals surface area contributed by atoms with Gasteiger partial charge in [-0.05, 0) is 50.6 Å². The second-order valence-corrected chi connectivity index (χ2v) is 6.48. The molecule has 132 valence electrons. The summed E-state index contributed by atoms with van der Waals surface area (Å²) in [7, 11) is 1.34. The lowest BCUT2D eigenvalue weighted by Gasteiger charge is -2.20. The number of hydrogen-bond acceptors (Lipinski definition) is 5. The third kappa shape index (κ3) is 5.35. The molecule has 5 nitrogen and oxygen atoms in total. The van der Waals surface area contributed by atoms with E-state index in [0.29, 0.717) is 16.9 Å². The molecule has 0 aliphatic carbocycles. The number of carbonyl (C=O) groups excluding carboxylic acids is 2. The maximum atomic E-state index is 12.3. The molecule has 0 atom stereocenters. The summed E-state index contributed by atoms with van der Waals surface area (Å²) in [4.78, 5) is 23.7. The van der Waals surface area contributed by atoms with Crippen molar-refractivity contribution in [3.05, 3.63) is 65.2 Å². The predicted octanol–water partition coefficient (Wildman–Crippen LogP) is 4.01. The highest BCUT2D eigenvalue weighted by atomic mass is 16.6. The quantitative estimate of drug-likeness (QED) is 0.768. The summed E-state index contributed by atoms with van der Waals surface area (Å²) in [5.41, 5.74) is 1.14. The number of rotatable bonds is 5. The maximum absolute atomic E-state index is 12.3. The third-order valence-corrected chi connectivity index (χ3v) is 3.28. The van der Waals surface area contributed by atoms with E-state index >= 15 is 0 Å². The fraction of sp³-hybridized carbons (Fsp3) is 0.300. The van der Waals surface area contributed by atoms with Crippen molar-refractivity contribution < 1.29 is 23.8 Å². The van der Waals surface area contributed by atoms with Gasteiger partial charge >= 0.3 is 11.9 Å². The minimum atomic E-state index is -0.575. The van der Waals surface area contributed by atoms with Crippen LogP contribution in [0.25, 0.3) is 0 Å². The Morgan fingerprint density at radius 3 is 2.16 bits per heavy atom. The van der Waals surface area contributed by atoms with Crippen molar-refractivity contribution in [1.29, 1.82) is 0 Å². The highest BCUT2D eigenvalue weighted by Crippen LogP contribution is 2.22. The molecule has 0 heterocycles. The maximum Gasteiger partial charge on any atom is 0.342 e. The largest absolute Gasteiger partial charge is 0.488 e. The van der Waals surface area contributed by atoms with Gasteiger partial charge in [0, 0.05) is 0 Å². The number of benzene rings is 2. The van der Waals surface area contributed by atoms with E-state index in [1.54, 1.807) is 48.5 Å². The molecule has 0 saturated heterocycles. The fourth-order valence-electron chi connectivity index (χ4n) is 2.11. The van der Waals surface area contributed by atoms with Crippen LogP contribution in [0.3, 0.4) is 0 Å².